The Morgan fingerprint density at radius 2 is 2.12 bits per heavy atom. The van der Waals surface area contributed by atoms with Gasteiger partial charge >= 0.3 is 18.1 Å². The second-order valence-corrected chi connectivity index (χ2v) is 2.93. The molecular formula is C7H7F3N4O3. The summed E-state index contributed by atoms with van der Waals surface area (Å²) >= 11 is 0. The molecule has 2 N–H and O–H groups in total. The molecule has 94 valence electrons. The van der Waals surface area contributed by atoms with Gasteiger partial charge < -0.3 is 10.4 Å². The summed E-state index contributed by atoms with van der Waals surface area (Å²) in [6.07, 6.45) is -3.92. The minimum absolute atomic E-state index is 0.108. The number of nitrogens with zero attached hydrogens (tertiary/aromatic N) is 3. The van der Waals surface area contributed by atoms with Crippen molar-refractivity contribution in [3.05, 3.63) is 12.2 Å². The van der Waals surface area contributed by atoms with Crippen molar-refractivity contribution in [3.63, 3.8) is 0 Å². The van der Waals surface area contributed by atoms with Crippen molar-refractivity contribution < 1.29 is 27.9 Å². The number of aliphatic carboxylic acids is 1. The lowest BCUT2D eigenvalue weighted by atomic mass is 10.5. The highest BCUT2D eigenvalue weighted by Crippen LogP contribution is 2.14. The first kappa shape index (κ1) is 12.9. The number of nitrogens with one attached hydrogen (secondary N) is 1. The molecule has 10 heteroatoms. The van der Waals surface area contributed by atoms with Crippen LogP contribution in [0.3, 0.4) is 0 Å². The summed E-state index contributed by atoms with van der Waals surface area (Å²) in [5.74, 6) is -3.38. The highest BCUT2D eigenvalue weighted by Gasteiger charge is 2.38. The number of aromatic nitrogens is 3. The Bertz CT molecular complexity index is 428. The van der Waals surface area contributed by atoms with Crippen LogP contribution in [0.2, 0.25) is 0 Å². The van der Waals surface area contributed by atoms with Gasteiger partial charge in [0, 0.05) is 0 Å². The van der Waals surface area contributed by atoms with E-state index in [9.17, 15) is 22.8 Å². The maximum absolute atomic E-state index is 11.8. The molecule has 0 aliphatic rings. The van der Waals surface area contributed by atoms with Crippen LogP contribution in [-0.2, 0) is 22.7 Å². The molecule has 0 saturated carbocycles. The number of hydrogen-bond acceptors (Lipinski definition) is 4. The van der Waals surface area contributed by atoms with Gasteiger partial charge in [-0.15, -0.1) is 0 Å². The summed E-state index contributed by atoms with van der Waals surface area (Å²) in [6.45, 7) is -0.981. The number of halogens is 3. The molecular weight excluding hydrogens is 245 g/mol. The van der Waals surface area contributed by atoms with E-state index in [-0.39, 0.29) is 5.82 Å². The third-order valence-corrected chi connectivity index (χ3v) is 1.55. The first-order chi connectivity index (χ1) is 7.79. The molecule has 0 spiro atoms. The van der Waals surface area contributed by atoms with Crippen LogP contribution < -0.4 is 5.32 Å². The number of amides is 1. The van der Waals surface area contributed by atoms with Crippen molar-refractivity contribution >= 4 is 11.9 Å². The minimum atomic E-state index is -4.97. The summed E-state index contributed by atoms with van der Waals surface area (Å²) in [5, 5.41) is 13.5. The number of rotatable bonds is 4. The van der Waals surface area contributed by atoms with Crippen molar-refractivity contribution in [1.29, 1.82) is 0 Å². The molecule has 1 aromatic rings. The van der Waals surface area contributed by atoms with Crippen LogP contribution in [0.4, 0.5) is 13.2 Å². The fourth-order valence-electron chi connectivity index (χ4n) is 0.889. The number of carbonyl (C=O) groups excluding carboxylic acids is 1. The smallest absolute Gasteiger partial charge is 0.471 e. The van der Waals surface area contributed by atoms with Gasteiger partial charge in [-0.1, -0.05) is 0 Å². The Labute approximate surface area is 92.2 Å². The van der Waals surface area contributed by atoms with E-state index < -0.39 is 31.1 Å². The predicted octanol–water partition coefficient (Wildman–Crippen LogP) is -0.459. The predicted molar refractivity (Wildman–Crippen MR) is 45.6 cm³/mol. The topological polar surface area (TPSA) is 97.1 Å². The first-order valence-corrected chi connectivity index (χ1v) is 4.24. The largest absolute Gasteiger partial charge is 0.480 e. The van der Waals surface area contributed by atoms with Gasteiger partial charge in [0.05, 0.1) is 6.54 Å². The Balaban J connectivity index is 2.50. The van der Waals surface area contributed by atoms with Crippen molar-refractivity contribution in [3.8, 4) is 0 Å². The first-order valence-electron chi connectivity index (χ1n) is 4.24. The van der Waals surface area contributed by atoms with Gasteiger partial charge in [0.1, 0.15) is 12.9 Å². The van der Waals surface area contributed by atoms with Crippen molar-refractivity contribution in [2.24, 2.45) is 0 Å². The third kappa shape index (κ3) is 4.09. The van der Waals surface area contributed by atoms with E-state index in [1.807, 2.05) is 0 Å². The molecule has 1 amide bonds. The van der Waals surface area contributed by atoms with Gasteiger partial charge in [-0.3, -0.25) is 9.59 Å². The number of hydrogen-bond donors (Lipinski definition) is 2. The lowest BCUT2D eigenvalue weighted by Crippen LogP contribution is -2.36. The quantitative estimate of drug-likeness (QED) is 0.755. The van der Waals surface area contributed by atoms with E-state index in [0.29, 0.717) is 0 Å². The van der Waals surface area contributed by atoms with Crippen LogP contribution in [0, 0.1) is 0 Å². The maximum Gasteiger partial charge on any atom is 0.471 e. The van der Waals surface area contributed by atoms with Crippen LogP contribution in [0.5, 0.6) is 0 Å². The van der Waals surface area contributed by atoms with Crippen molar-refractivity contribution in [1.82, 2.24) is 20.1 Å². The molecule has 0 aromatic carbocycles. The molecule has 1 heterocycles. The zero-order chi connectivity index (χ0) is 13.1. The van der Waals surface area contributed by atoms with E-state index in [1.165, 1.54) is 0 Å². The van der Waals surface area contributed by atoms with Crippen molar-refractivity contribution in [2.75, 3.05) is 0 Å². The molecule has 0 aliphatic heterocycles. The zero-order valence-electron chi connectivity index (χ0n) is 8.23. The molecule has 0 unspecified atom stereocenters. The minimum Gasteiger partial charge on any atom is -0.480 e. The number of carboxylic acids is 1. The monoisotopic (exact) mass is 252 g/mol. The lowest BCUT2D eigenvalue weighted by molar-refractivity contribution is -0.173. The van der Waals surface area contributed by atoms with Crippen molar-refractivity contribution in [2.45, 2.75) is 19.3 Å². The third-order valence-electron chi connectivity index (χ3n) is 1.55. The average molecular weight is 252 g/mol. The molecule has 1 aromatic heterocycles. The van der Waals surface area contributed by atoms with Gasteiger partial charge in [-0.05, 0) is 0 Å². The van der Waals surface area contributed by atoms with Crippen LogP contribution in [0.15, 0.2) is 6.33 Å². The van der Waals surface area contributed by atoms with Crippen LogP contribution in [0.1, 0.15) is 5.82 Å². The Morgan fingerprint density at radius 1 is 1.47 bits per heavy atom. The van der Waals surface area contributed by atoms with E-state index in [1.54, 1.807) is 5.32 Å². The van der Waals surface area contributed by atoms with Crippen LogP contribution in [0.25, 0.3) is 0 Å². The Hall–Kier alpha value is -2.13. The molecule has 0 bridgehead atoms. The summed E-state index contributed by atoms with van der Waals surface area (Å²) in [5.41, 5.74) is 0. The molecule has 7 nitrogen and oxygen atoms in total. The Kier molecular flexibility index (Phi) is 3.66. The number of carboxylic acid groups (broad SMARTS) is 1. The van der Waals surface area contributed by atoms with Gasteiger partial charge in [-0.2, -0.15) is 18.3 Å². The SMILES string of the molecule is O=C(O)Cn1cnc(CNC(=O)C(F)(F)F)n1. The number of carbonyl (C=O) groups is 2. The maximum atomic E-state index is 11.8. The molecule has 0 radical (unpaired) electrons. The second kappa shape index (κ2) is 4.80. The molecule has 0 saturated heterocycles. The molecule has 0 fully saturated rings. The summed E-state index contributed by atoms with van der Waals surface area (Å²) in [4.78, 5) is 24.2. The zero-order valence-corrected chi connectivity index (χ0v) is 8.23. The molecule has 0 atom stereocenters. The van der Waals surface area contributed by atoms with Crippen LogP contribution >= 0.6 is 0 Å². The second-order valence-electron chi connectivity index (χ2n) is 2.93. The molecule has 17 heavy (non-hydrogen) atoms. The summed E-state index contributed by atoms with van der Waals surface area (Å²) in [6, 6.07) is 0. The van der Waals surface area contributed by atoms with Gasteiger partial charge in [-0.25, -0.2) is 9.67 Å². The standard InChI is InChI=1S/C7H7F3N4O3/c8-7(9,10)6(17)11-1-4-12-3-14(13-4)2-5(15)16/h3H,1-2H2,(H,11,17)(H,15,16). The van der Waals surface area contributed by atoms with Gasteiger partial charge in [0.25, 0.3) is 0 Å². The fraction of sp³-hybridized carbons (Fsp3) is 0.429. The summed E-state index contributed by atoms with van der Waals surface area (Å²) < 4.78 is 36.3. The lowest BCUT2D eigenvalue weighted by Gasteiger charge is -2.05. The molecule has 0 aliphatic carbocycles. The highest BCUT2D eigenvalue weighted by molar-refractivity contribution is 5.81. The average Bonchev–Trinajstić information content (AvgIpc) is 2.59. The number of alkyl halides is 3. The Morgan fingerprint density at radius 3 is 2.65 bits per heavy atom. The van der Waals surface area contributed by atoms with E-state index in [4.69, 9.17) is 5.11 Å². The van der Waals surface area contributed by atoms with E-state index in [2.05, 4.69) is 10.1 Å². The van der Waals surface area contributed by atoms with Gasteiger partial charge in [0.15, 0.2) is 5.82 Å². The van der Waals surface area contributed by atoms with Gasteiger partial charge in [0.2, 0.25) is 0 Å². The molecule has 1 rings (SSSR count). The van der Waals surface area contributed by atoms with Crippen LogP contribution in [-0.4, -0.2) is 37.9 Å². The van der Waals surface area contributed by atoms with E-state index >= 15 is 0 Å². The van der Waals surface area contributed by atoms with E-state index in [0.717, 1.165) is 11.0 Å². The summed E-state index contributed by atoms with van der Waals surface area (Å²) in [7, 11) is 0. The normalized spacial score (nSPS) is 11.2. The highest BCUT2D eigenvalue weighted by atomic mass is 19.4. The fourth-order valence-corrected chi connectivity index (χ4v) is 0.889.